The lowest BCUT2D eigenvalue weighted by atomic mass is 10.00. The Kier molecular flexibility index (Phi) is 6.90. The van der Waals surface area contributed by atoms with Crippen molar-refractivity contribution >= 4 is 17.3 Å². The van der Waals surface area contributed by atoms with Crippen LogP contribution in [-0.2, 0) is 25.1 Å². The average Bonchev–Trinajstić information content (AvgIpc) is 3.33. The summed E-state index contributed by atoms with van der Waals surface area (Å²) in [6.07, 6.45) is 3.82. The van der Waals surface area contributed by atoms with E-state index in [1.54, 1.807) is 27.5 Å². The van der Waals surface area contributed by atoms with Crippen molar-refractivity contribution in [3.63, 3.8) is 0 Å². The van der Waals surface area contributed by atoms with Crippen molar-refractivity contribution in [2.45, 2.75) is 58.2 Å². The third kappa shape index (κ3) is 5.02. The number of aliphatic imine (C=N–C) groups is 1. The number of nitrogens with one attached hydrogen (secondary N) is 2. The minimum absolute atomic E-state index is 0.00193. The van der Waals surface area contributed by atoms with Crippen molar-refractivity contribution in [1.29, 1.82) is 0 Å². The summed E-state index contributed by atoms with van der Waals surface area (Å²) in [4.78, 5) is 16.9. The van der Waals surface area contributed by atoms with Gasteiger partial charge in [0.15, 0.2) is 5.96 Å². The van der Waals surface area contributed by atoms with Gasteiger partial charge in [-0.15, -0.1) is 0 Å². The van der Waals surface area contributed by atoms with Crippen LogP contribution in [0, 0.1) is 0 Å². The Bertz CT molecular complexity index is 837. The fraction of sp³-hybridized carbons (Fsp3) is 0.632. The van der Waals surface area contributed by atoms with Gasteiger partial charge < -0.3 is 15.7 Å². The molecule has 1 aliphatic heterocycles. The van der Waals surface area contributed by atoms with Crippen molar-refractivity contribution < 1.29 is 5.11 Å². The van der Waals surface area contributed by atoms with Crippen LogP contribution in [0.25, 0.3) is 0 Å². The van der Waals surface area contributed by atoms with Crippen LogP contribution in [0.2, 0.25) is 0 Å². The highest BCUT2D eigenvalue weighted by molar-refractivity contribution is 7.08. The van der Waals surface area contributed by atoms with E-state index in [-0.39, 0.29) is 12.2 Å². The molecule has 0 aromatic carbocycles. The number of aromatic nitrogens is 3. The molecule has 154 valence electrons. The van der Waals surface area contributed by atoms with Gasteiger partial charge in [-0.25, -0.2) is 14.5 Å². The summed E-state index contributed by atoms with van der Waals surface area (Å²) in [5, 5.41) is 25.4. The summed E-state index contributed by atoms with van der Waals surface area (Å²) < 4.78 is 3.38. The number of hydrogen-bond acceptors (Lipinski definition) is 5. The highest BCUT2D eigenvalue weighted by Crippen LogP contribution is 2.23. The Morgan fingerprint density at radius 2 is 2.29 bits per heavy atom. The first-order valence-corrected chi connectivity index (χ1v) is 10.9. The van der Waals surface area contributed by atoms with Crippen LogP contribution in [-0.4, -0.2) is 45.0 Å². The molecule has 1 aliphatic rings. The monoisotopic (exact) mass is 406 g/mol. The second-order valence-corrected chi connectivity index (χ2v) is 8.07. The van der Waals surface area contributed by atoms with Crippen LogP contribution < -0.4 is 16.3 Å². The van der Waals surface area contributed by atoms with E-state index in [1.165, 1.54) is 0 Å². The van der Waals surface area contributed by atoms with Gasteiger partial charge in [-0.3, -0.25) is 4.57 Å². The SMILES string of the molecule is CCNC(=NCC(C)(O)c1ccsc1)NCCCn1nc2n(c1=O)CCCC2. The van der Waals surface area contributed by atoms with Crippen molar-refractivity contribution in [3.05, 3.63) is 38.7 Å². The minimum Gasteiger partial charge on any atom is -0.383 e. The Hall–Kier alpha value is -2.13. The van der Waals surface area contributed by atoms with E-state index < -0.39 is 5.60 Å². The zero-order valence-electron chi connectivity index (χ0n) is 16.6. The number of guanidine groups is 1. The molecule has 0 fully saturated rings. The van der Waals surface area contributed by atoms with E-state index in [0.29, 0.717) is 19.0 Å². The van der Waals surface area contributed by atoms with Crippen molar-refractivity contribution in [3.8, 4) is 0 Å². The summed E-state index contributed by atoms with van der Waals surface area (Å²) in [5.74, 6) is 1.57. The minimum atomic E-state index is -0.995. The maximum atomic E-state index is 12.3. The van der Waals surface area contributed by atoms with Gasteiger partial charge in [0.05, 0.1) is 6.54 Å². The number of aliphatic hydroxyl groups is 1. The summed E-state index contributed by atoms with van der Waals surface area (Å²) in [6, 6.07) is 1.92. The van der Waals surface area contributed by atoms with Crippen LogP contribution in [0.4, 0.5) is 0 Å². The molecule has 0 bridgehead atoms. The van der Waals surface area contributed by atoms with Gasteiger partial charge >= 0.3 is 5.69 Å². The summed E-state index contributed by atoms with van der Waals surface area (Å²) >= 11 is 1.56. The predicted molar refractivity (Wildman–Crippen MR) is 112 cm³/mol. The van der Waals surface area contributed by atoms with Crippen LogP contribution in [0.3, 0.4) is 0 Å². The zero-order valence-corrected chi connectivity index (χ0v) is 17.5. The topological polar surface area (TPSA) is 96.5 Å². The Morgan fingerprint density at radius 1 is 1.43 bits per heavy atom. The molecule has 0 saturated heterocycles. The highest BCUT2D eigenvalue weighted by atomic mass is 32.1. The van der Waals surface area contributed by atoms with E-state index in [1.807, 2.05) is 23.8 Å². The quantitative estimate of drug-likeness (QED) is 0.349. The van der Waals surface area contributed by atoms with Crippen LogP contribution in [0.15, 0.2) is 26.6 Å². The first-order valence-electron chi connectivity index (χ1n) is 9.95. The molecule has 0 amide bonds. The number of thiophene rings is 1. The van der Waals surface area contributed by atoms with Crippen molar-refractivity contribution in [2.24, 2.45) is 4.99 Å². The largest absolute Gasteiger partial charge is 0.383 e. The maximum Gasteiger partial charge on any atom is 0.345 e. The molecule has 3 N–H and O–H groups in total. The number of nitrogens with zero attached hydrogens (tertiary/aromatic N) is 4. The van der Waals surface area contributed by atoms with Crippen LogP contribution in [0.5, 0.6) is 0 Å². The predicted octanol–water partition coefficient (Wildman–Crippen LogP) is 1.30. The Balaban J connectivity index is 1.51. The van der Waals surface area contributed by atoms with Gasteiger partial charge in [-0.05, 0) is 55.5 Å². The molecule has 9 heteroatoms. The fourth-order valence-corrected chi connectivity index (χ4v) is 4.05. The summed E-state index contributed by atoms with van der Waals surface area (Å²) in [5.41, 5.74) is -0.118. The number of hydrogen-bond donors (Lipinski definition) is 3. The number of rotatable bonds is 8. The molecule has 3 rings (SSSR count). The van der Waals surface area contributed by atoms with Gasteiger partial charge in [0.2, 0.25) is 0 Å². The molecule has 2 aromatic heterocycles. The lowest BCUT2D eigenvalue weighted by molar-refractivity contribution is 0.0677. The molecule has 2 aromatic rings. The van der Waals surface area contributed by atoms with Gasteiger partial charge in [0, 0.05) is 32.6 Å². The number of fused-ring (bicyclic) bond motifs is 1. The molecule has 1 unspecified atom stereocenters. The van der Waals surface area contributed by atoms with Crippen molar-refractivity contribution in [1.82, 2.24) is 25.0 Å². The van der Waals surface area contributed by atoms with Gasteiger partial charge in [0.25, 0.3) is 0 Å². The molecular weight excluding hydrogens is 376 g/mol. The lowest BCUT2D eigenvalue weighted by Crippen LogP contribution is -2.39. The van der Waals surface area contributed by atoms with Crippen LogP contribution in [0.1, 0.15) is 44.5 Å². The first-order chi connectivity index (χ1) is 13.5. The first kappa shape index (κ1) is 20.6. The fourth-order valence-electron chi connectivity index (χ4n) is 3.27. The molecule has 0 radical (unpaired) electrons. The second-order valence-electron chi connectivity index (χ2n) is 7.29. The van der Waals surface area contributed by atoms with E-state index in [9.17, 15) is 9.90 Å². The molecule has 1 atom stereocenters. The lowest BCUT2D eigenvalue weighted by Gasteiger charge is -2.21. The van der Waals surface area contributed by atoms with E-state index >= 15 is 0 Å². The standard InChI is InChI=1S/C19H30N6O2S/c1-3-20-17(22-14-19(2,27)15-8-12-28-13-15)21-9-6-11-25-18(26)24-10-5-4-7-16(24)23-25/h8,12-13,27H,3-7,9-11,14H2,1-2H3,(H2,20,21,22). The smallest absolute Gasteiger partial charge is 0.345 e. The maximum absolute atomic E-state index is 12.3. The molecular formula is C19H30N6O2S. The molecule has 0 spiro atoms. The molecule has 8 nitrogen and oxygen atoms in total. The third-order valence-corrected chi connectivity index (χ3v) is 5.59. The molecule has 0 saturated carbocycles. The van der Waals surface area contributed by atoms with E-state index in [4.69, 9.17) is 0 Å². The molecule has 3 heterocycles. The van der Waals surface area contributed by atoms with Gasteiger partial charge in [0.1, 0.15) is 11.4 Å². The second kappa shape index (κ2) is 9.38. The van der Waals surface area contributed by atoms with E-state index in [0.717, 1.165) is 50.2 Å². The zero-order chi connectivity index (χ0) is 20.0. The molecule has 28 heavy (non-hydrogen) atoms. The van der Waals surface area contributed by atoms with Crippen molar-refractivity contribution in [2.75, 3.05) is 19.6 Å². The normalized spacial score (nSPS) is 16.5. The summed E-state index contributed by atoms with van der Waals surface area (Å²) in [6.45, 7) is 6.82. The Morgan fingerprint density at radius 3 is 3.00 bits per heavy atom. The highest BCUT2D eigenvalue weighted by Gasteiger charge is 2.23. The van der Waals surface area contributed by atoms with E-state index in [2.05, 4.69) is 20.7 Å². The third-order valence-electron chi connectivity index (χ3n) is 4.90. The number of aryl methyl sites for hydroxylation is 2. The Labute approximate surface area is 169 Å². The van der Waals surface area contributed by atoms with Crippen LogP contribution >= 0.6 is 11.3 Å². The van der Waals surface area contributed by atoms with Gasteiger partial charge in [-0.2, -0.15) is 16.4 Å². The molecule has 0 aliphatic carbocycles. The van der Waals surface area contributed by atoms with Gasteiger partial charge in [-0.1, -0.05) is 0 Å². The average molecular weight is 407 g/mol. The summed E-state index contributed by atoms with van der Waals surface area (Å²) in [7, 11) is 0.